The first-order valence-corrected chi connectivity index (χ1v) is 11.6. The van der Waals surface area contributed by atoms with Crippen molar-refractivity contribution < 1.29 is 17.4 Å². The molecule has 0 radical (unpaired) electrons. The summed E-state index contributed by atoms with van der Waals surface area (Å²) in [5, 5.41) is 2.99. The monoisotopic (exact) mass is 479 g/mol. The fourth-order valence-electron chi connectivity index (χ4n) is 2.35. The molecular formula is C18H14Cl2F3N3OS2. The van der Waals surface area contributed by atoms with E-state index in [-0.39, 0.29) is 0 Å². The second-order valence-electron chi connectivity index (χ2n) is 6.10. The van der Waals surface area contributed by atoms with E-state index in [0.29, 0.717) is 31.3 Å². The van der Waals surface area contributed by atoms with E-state index < -0.39 is 21.6 Å². The number of nitrogens with zero attached hydrogens (tertiary/aromatic N) is 2. The number of thiazole rings is 1. The summed E-state index contributed by atoms with van der Waals surface area (Å²) in [6, 6.07) is 7.21. The first kappa shape index (κ1) is 21.9. The van der Waals surface area contributed by atoms with Gasteiger partial charge in [-0.2, -0.15) is 13.2 Å². The van der Waals surface area contributed by atoms with Crippen LogP contribution in [-0.4, -0.2) is 25.3 Å². The predicted molar refractivity (Wildman–Crippen MR) is 114 cm³/mol. The van der Waals surface area contributed by atoms with Gasteiger partial charge in [0.25, 0.3) is 0 Å². The van der Waals surface area contributed by atoms with Crippen LogP contribution in [-0.2, 0) is 15.9 Å². The van der Waals surface area contributed by atoms with Gasteiger partial charge in [0.15, 0.2) is 5.13 Å². The maximum absolute atomic E-state index is 13.1. The topological polar surface area (TPSA) is 54.9 Å². The zero-order valence-corrected chi connectivity index (χ0v) is 18.2. The van der Waals surface area contributed by atoms with Crippen molar-refractivity contribution in [3.63, 3.8) is 0 Å². The zero-order valence-electron chi connectivity index (χ0n) is 15.1. The average Bonchev–Trinajstić information content (AvgIpc) is 3.10. The third-order valence-corrected chi connectivity index (χ3v) is 7.66. The van der Waals surface area contributed by atoms with Crippen LogP contribution in [0.4, 0.5) is 18.3 Å². The van der Waals surface area contributed by atoms with Crippen molar-refractivity contribution in [1.29, 1.82) is 0 Å². The van der Waals surface area contributed by atoms with Gasteiger partial charge in [-0.15, -0.1) is 11.3 Å². The predicted octanol–water partition coefficient (Wildman–Crippen LogP) is 6.01. The third-order valence-electron chi connectivity index (χ3n) is 4.05. The molecule has 0 bridgehead atoms. The number of halogens is 5. The fraction of sp³-hybridized carbons (Fsp3) is 0.167. The Morgan fingerprint density at radius 3 is 2.48 bits per heavy atom. The highest BCUT2D eigenvalue weighted by Gasteiger charge is 2.32. The molecule has 0 fully saturated rings. The summed E-state index contributed by atoms with van der Waals surface area (Å²) >= 11 is 13.2. The quantitative estimate of drug-likeness (QED) is 0.368. The number of hydrogen-bond acceptors (Lipinski definition) is 4. The molecule has 2 aromatic heterocycles. The molecule has 3 aromatic rings. The summed E-state index contributed by atoms with van der Waals surface area (Å²) in [7, 11) is -2.80. The van der Waals surface area contributed by atoms with Crippen LogP contribution >= 0.6 is 34.5 Å². The molecule has 0 saturated heterocycles. The summed E-state index contributed by atoms with van der Waals surface area (Å²) in [4.78, 5) is 8.19. The van der Waals surface area contributed by atoms with Crippen molar-refractivity contribution in [2.24, 2.45) is 0 Å². The number of pyridine rings is 1. The molecule has 154 valence electrons. The highest BCUT2D eigenvalue weighted by atomic mass is 35.5. The summed E-state index contributed by atoms with van der Waals surface area (Å²) in [6.45, 7) is 1.58. The van der Waals surface area contributed by atoms with Crippen LogP contribution in [0, 0.1) is 0 Å². The maximum atomic E-state index is 13.1. The van der Waals surface area contributed by atoms with Gasteiger partial charge in [0.1, 0.15) is 5.69 Å². The summed E-state index contributed by atoms with van der Waals surface area (Å²) in [5.41, 5.74) is 0.717. The lowest BCUT2D eigenvalue weighted by atomic mass is 10.2. The number of benzene rings is 1. The Bertz CT molecular complexity index is 1170. The van der Waals surface area contributed by atoms with E-state index in [2.05, 4.69) is 14.7 Å². The standard InChI is InChI=1S/C18H14Cl2F3N3OS2/c1-10(12-4-6-16(24-8-12)18(21,22)23)29(2,27)26-17-25-15(9-28-17)11-3-5-13(19)14(20)7-11/h3-9H,1-2H3,(H,25,26,27). The lowest BCUT2D eigenvalue weighted by molar-refractivity contribution is -0.141. The molecule has 0 saturated carbocycles. The van der Waals surface area contributed by atoms with Gasteiger partial charge >= 0.3 is 6.18 Å². The zero-order chi connectivity index (χ0) is 21.4. The number of rotatable bonds is 4. The van der Waals surface area contributed by atoms with Gasteiger partial charge < -0.3 is 0 Å². The Kier molecular flexibility index (Phi) is 6.14. The second kappa shape index (κ2) is 8.14. The van der Waals surface area contributed by atoms with Gasteiger partial charge in [0.2, 0.25) is 0 Å². The molecule has 1 atom stereocenters. The van der Waals surface area contributed by atoms with Crippen molar-refractivity contribution >= 4 is 54.2 Å². The Hall–Kier alpha value is -1.81. The minimum Gasteiger partial charge on any atom is -0.288 e. The average molecular weight is 480 g/mol. The van der Waals surface area contributed by atoms with Crippen molar-refractivity contribution in [1.82, 2.24) is 9.97 Å². The molecule has 0 aliphatic heterocycles. The van der Waals surface area contributed by atoms with Crippen LogP contribution < -0.4 is 4.72 Å². The van der Waals surface area contributed by atoms with Crippen LogP contribution in [0.5, 0.6) is 0 Å². The summed E-state index contributed by atoms with van der Waals surface area (Å²) in [5.74, 6) is 0. The maximum Gasteiger partial charge on any atom is 0.433 e. The minimum atomic E-state index is -4.53. The van der Waals surface area contributed by atoms with Gasteiger partial charge in [-0.3, -0.25) is 9.71 Å². The van der Waals surface area contributed by atoms with Crippen molar-refractivity contribution in [2.45, 2.75) is 13.1 Å². The Labute approximate surface area is 179 Å². The van der Waals surface area contributed by atoms with Crippen LogP contribution in [0.15, 0.2) is 41.9 Å². The highest BCUT2D eigenvalue weighted by Crippen LogP contribution is 2.31. The van der Waals surface area contributed by atoms with Crippen molar-refractivity contribution in [2.75, 3.05) is 11.0 Å². The first-order valence-electron chi connectivity index (χ1n) is 8.02. The van der Waals surface area contributed by atoms with Gasteiger partial charge in [-0.1, -0.05) is 35.3 Å². The van der Waals surface area contributed by atoms with E-state index in [1.165, 1.54) is 23.7 Å². The van der Waals surface area contributed by atoms with E-state index in [1.54, 1.807) is 30.5 Å². The van der Waals surface area contributed by atoms with Crippen molar-refractivity contribution in [3.8, 4) is 11.3 Å². The lowest BCUT2D eigenvalue weighted by Gasteiger charge is -2.12. The van der Waals surface area contributed by atoms with Crippen LogP contribution in [0.25, 0.3) is 11.3 Å². The molecule has 0 amide bonds. The van der Waals surface area contributed by atoms with Crippen LogP contribution in [0.2, 0.25) is 10.0 Å². The lowest BCUT2D eigenvalue weighted by Crippen LogP contribution is -2.20. The fourth-order valence-corrected chi connectivity index (χ4v) is 4.98. The Morgan fingerprint density at radius 2 is 1.90 bits per heavy atom. The van der Waals surface area contributed by atoms with Gasteiger partial charge in [0, 0.05) is 33.8 Å². The van der Waals surface area contributed by atoms with Gasteiger partial charge in [-0.05, 0) is 25.1 Å². The van der Waals surface area contributed by atoms with Crippen LogP contribution in [0.1, 0.15) is 18.2 Å². The summed E-state index contributed by atoms with van der Waals surface area (Å²) in [6.07, 6.45) is -2.01. The van der Waals surface area contributed by atoms with E-state index >= 15 is 0 Å². The van der Waals surface area contributed by atoms with E-state index in [0.717, 1.165) is 17.8 Å². The second-order valence-corrected chi connectivity index (χ2v) is 10.3. The normalized spacial score (nSPS) is 13.8. The molecule has 2 heterocycles. The Morgan fingerprint density at radius 1 is 1.17 bits per heavy atom. The van der Waals surface area contributed by atoms with Gasteiger partial charge in [0.05, 0.1) is 25.4 Å². The highest BCUT2D eigenvalue weighted by molar-refractivity contribution is 8.03. The molecule has 0 aliphatic rings. The number of alkyl halides is 3. The molecule has 1 N–H and O–H groups in total. The van der Waals surface area contributed by atoms with Crippen molar-refractivity contribution in [3.05, 3.63) is 63.2 Å². The molecular weight excluding hydrogens is 466 g/mol. The molecule has 0 aliphatic carbocycles. The third kappa shape index (κ3) is 5.03. The molecule has 4 nitrogen and oxygen atoms in total. The molecule has 0 spiro atoms. The number of nitrogens with one attached hydrogen (secondary N) is 1. The Balaban J connectivity index is 1.87. The van der Waals surface area contributed by atoms with E-state index in [9.17, 15) is 17.4 Å². The minimum absolute atomic E-state index is 0.347. The molecule has 1 aromatic carbocycles. The largest absolute Gasteiger partial charge is 0.433 e. The summed E-state index contributed by atoms with van der Waals surface area (Å²) < 4.78 is 54.0. The van der Waals surface area contributed by atoms with Gasteiger partial charge in [-0.25, -0.2) is 9.19 Å². The van der Waals surface area contributed by atoms with E-state index in [1.807, 2.05) is 0 Å². The number of aromatic nitrogens is 2. The number of hydrogen-bond donors (Lipinski definition) is 1. The smallest absolute Gasteiger partial charge is 0.288 e. The molecule has 11 heteroatoms. The number of anilines is 1. The molecule has 1 unspecified atom stereocenters. The van der Waals surface area contributed by atoms with E-state index in [4.69, 9.17) is 23.2 Å². The van der Waals surface area contributed by atoms with Crippen LogP contribution in [0.3, 0.4) is 0 Å². The SMILES string of the molecule is CC(c1ccc(C(F)(F)F)nc1)=S(C)(=O)Nc1nc(-c2ccc(Cl)c(Cl)c2)cs1. The molecule has 29 heavy (non-hydrogen) atoms. The molecule has 3 rings (SSSR count). The first-order chi connectivity index (χ1) is 13.5.